The number of rotatable bonds is 85. The molecule has 128 heavy (non-hydrogen) atoms. The van der Waals surface area contributed by atoms with Crippen molar-refractivity contribution in [2.24, 2.45) is 22.9 Å². The van der Waals surface area contributed by atoms with Gasteiger partial charge in [-0.25, -0.2) is 4.79 Å². The van der Waals surface area contributed by atoms with Crippen molar-refractivity contribution in [3.63, 3.8) is 0 Å². The molecule has 0 aliphatic carbocycles. The number of aliphatic hydroxyl groups excluding tert-OH is 1. The summed E-state index contributed by atoms with van der Waals surface area (Å²) >= 11 is 1.20. The number of nitrogens with zero attached hydrogens (tertiary/aromatic N) is 3. The monoisotopic (exact) mass is 1820 g/mol. The van der Waals surface area contributed by atoms with Crippen molar-refractivity contribution in [2.75, 3.05) is 73.8 Å². The number of thioether (sulfide) groups is 1. The summed E-state index contributed by atoms with van der Waals surface area (Å²) < 4.78 is 13.3. The second-order valence-electron chi connectivity index (χ2n) is 35.2. The molecule has 0 bridgehead atoms. The number of anilines is 3. The summed E-state index contributed by atoms with van der Waals surface area (Å²) in [4.78, 5) is 154. The van der Waals surface area contributed by atoms with Crippen molar-refractivity contribution in [2.45, 2.75) is 436 Å². The number of nitrogen functional groups attached to an aromatic ring is 1. The number of unbranched alkanes of at least 4 members (excludes halogenated alkanes) is 41. The minimum absolute atomic E-state index is 0.0183. The van der Waals surface area contributed by atoms with Crippen LogP contribution < -0.4 is 76.9 Å². The lowest BCUT2D eigenvalue weighted by Gasteiger charge is -2.27. The quantitative estimate of drug-likeness (QED) is 0.0184. The predicted octanol–water partition coefficient (Wildman–Crippen LogP) is 14.9. The Hall–Kier alpha value is -7.45. The van der Waals surface area contributed by atoms with Crippen LogP contribution in [0.25, 0.3) is 11.2 Å². The van der Waals surface area contributed by atoms with E-state index in [2.05, 4.69) is 85.2 Å². The Balaban J connectivity index is 1.85. The summed E-state index contributed by atoms with van der Waals surface area (Å²) in [5, 5.41) is 33.8. The molecule has 0 saturated heterocycles. The molecule has 0 fully saturated rings. The van der Waals surface area contributed by atoms with E-state index in [1.807, 2.05) is 0 Å². The fraction of sp³-hybridized carbons (Fsp3) is 0.794. The van der Waals surface area contributed by atoms with Crippen molar-refractivity contribution >= 4 is 93.7 Å². The largest absolute Gasteiger partial charge is 0.462 e. The SMILES string of the molecule is CCCCCCCCCCCCCCCC(=O)N[C@@H](CSCC(COC(=O)CCCCCCCCCCCCCCC)OC(=O)CCCCCCCCCCCCCCC)C(=O)N[C@@H](CO)C(=O)N[C@@H](CCCCN)C(=O)N[C@@H](CCCCN)C(=O)N[C@@H](CCCCN)C(=O)N[C@@H](CCCCN)C(=O)Nc1ccc(Cn2c(=O)[nH]c3c(N)nc(NCCCC)nc32)cc1. The standard InChI is InChI=1S/C97H175N17O13S/c1-5-9-13-16-19-22-25-28-31-34-37-40-43-58-84(116)105-83(74-128-73-77(127-86(118)60-45-42-39-36-33-30-27-24-21-18-15-11-7-3)72-126-85(117)59-44-41-38-35-32-29-26-23-20-17-14-10-6-2)95(124)110-82(71-115)94(123)109-81(57-49-53-68-101)93(122)108-80(56-48-52-67-100)92(121)107-79(55-47-51-66-99)91(120)106-78(54-46-50-65-98)90(119)104-76-63-61-75(62-64-76)70-114-89-87(111-97(114)125)88(102)112-96(113-89)103-69-12-8-4/h61-64,77-83,115H,5-60,65-74,98-101H2,1-4H3,(H,104,119)(H,105,116)(H,106,120)(H,107,121)(H,108,122)(H,109,123)(H,110,124)(H,111,125)(H3,102,103,112,113)/t77?,78-,79-,80-,81-,82-,83-/m0/s1. The number of H-pyrrole nitrogens is 1. The van der Waals surface area contributed by atoms with Gasteiger partial charge in [0.2, 0.25) is 47.3 Å². The third-order valence-electron chi connectivity index (χ3n) is 23.6. The first-order chi connectivity index (χ1) is 62.3. The third kappa shape index (κ3) is 54.4. The highest BCUT2D eigenvalue weighted by molar-refractivity contribution is 7.99. The molecule has 2 heterocycles. The molecule has 7 atom stereocenters. The van der Waals surface area contributed by atoms with Crippen molar-refractivity contribution < 1.29 is 57.7 Å². The highest BCUT2D eigenvalue weighted by atomic mass is 32.2. The number of nitrogens with two attached hydrogens (primary N) is 5. The highest BCUT2D eigenvalue weighted by Gasteiger charge is 2.34. The van der Waals surface area contributed by atoms with Gasteiger partial charge >= 0.3 is 17.6 Å². The minimum Gasteiger partial charge on any atom is -0.462 e. The van der Waals surface area contributed by atoms with Gasteiger partial charge in [-0.15, -0.1) is 0 Å². The Kier molecular flexibility index (Phi) is 68.2. The van der Waals surface area contributed by atoms with Gasteiger partial charge in [-0.1, -0.05) is 277 Å². The van der Waals surface area contributed by atoms with Gasteiger partial charge in [0.15, 0.2) is 11.5 Å². The number of fused-ring (bicyclic) bond motifs is 1. The van der Waals surface area contributed by atoms with Gasteiger partial charge in [-0.05, 0) is 147 Å². The summed E-state index contributed by atoms with van der Waals surface area (Å²) in [6, 6.07) is -1.05. The van der Waals surface area contributed by atoms with Crippen molar-refractivity contribution in [3.8, 4) is 0 Å². The molecule has 0 spiro atoms. The van der Waals surface area contributed by atoms with E-state index in [0.717, 1.165) is 77.0 Å². The molecule has 0 radical (unpaired) electrons. The second-order valence-corrected chi connectivity index (χ2v) is 36.2. The molecule has 31 heteroatoms. The Morgan fingerprint density at radius 2 is 0.773 bits per heavy atom. The van der Waals surface area contributed by atoms with Crippen molar-refractivity contribution in [3.05, 3.63) is 40.3 Å². The number of amides is 7. The van der Waals surface area contributed by atoms with Crippen LogP contribution in [0.2, 0.25) is 0 Å². The van der Waals surface area contributed by atoms with Gasteiger partial charge in [0, 0.05) is 43.0 Å². The molecule has 0 aliphatic rings. The third-order valence-corrected chi connectivity index (χ3v) is 24.8. The Bertz CT molecular complexity index is 3500. The van der Waals surface area contributed by atoms with E-state index in [-0.39, 0.29) is 95.1 Å². The van der Waals surface area contributed by atoms with Crippen LogP contribution in [-0.4, -0.2) is 178 Å². The molecule has 2 aromatic heterocycles. The highest BCUT2D eigenvalue weighted by Crippen LogP contribution is 2.23. The van der Waals surface area contributed by atoms with E-state index in [1.54, 1.807) is 24.3 Å². The summed E-state index contributed by atoms with van der Waals surface area (Å²) in [5.74, 6) is -5.25. The first-order valence-corrected chi connectivity index (χ1v) is 51.5. The predicted molar refractivity (Wildman–Crippen MR) is 520 cm³/mol. The molecule has 0 saturated carbocycles. The molecular weight excluding hydrogens is 1640 g/mol. The zero-order chi connectivity index (χ0) is 93.3. The lowest BCUT2D eigenvalue weighted by atomic mass is 10.0. The lowest BCUT2D eigenvalue weighted by Crippen LogP contribution is -2.60. The van der Waals surface area contributed by atoms with E-state index < -0.39 is 108 Å². The second kappa shape index (κ2) is 76.1. The Morgan fingerprint density at radius 3 is 1.17 bits per heavy atom. The fourth-order valence-electron chi connectivity index (χ4n) is 15.6. The number of hydrogen-bond acceptors (Lipinski definition) is 22. The van der Waals surface area contributed by atoms with E-state index in [4.69, 9.17) is 38.1 Å². The normalized spacial score (nSPS) is 13.1. The van der Waals surface area contributed by atoms with E-state index >= 15 is 0 Å². The molecule has 30 nitrogen and oxygen atoms in total. The Morgan fingerprint density at radius 1 is 0.414 bits per heavy atom. The van der Waals surface area contributed by atoms with Crippen LogP contribution in [0.4, 0.5) is 17.5 Å². The Labute approximate surface area is 771 Å². The van der Waals surface area contributed by atoms with Crippen molar-refractivity contribution in [1.29, 1.82) is 0 Å². The van der Waals surface area contributed by atoms with E-state index in [9.17, 15) is 53.1 Å². The maximum absolute atomic E-state index is 14.8. The average Bonchev–Trinajstić information content (AvgIpc) is 1.63. The molecular formula is C97H175N17O13S. The number of carbonyl (C=O) groups is 9. The number of hydrogen-bond donors (Lipinski definition) is 15. The smallest absolute Gasteiger partial charge is 0.328 e. The molecule has 3 rings (SSSR count). The topological polar surface area (TPSA) is 482 Å². The number of carbonyl (C=O) groups excluding carboxylic acids is 9. The van der Waals surface area contributed by atoms with Gasteiger partial charge < -0.3 is 90.8 Å². The van der Waals surface area contributed by atoms with E-state index in [1.165, 1.54) is 183 Å². The molecule has 0 aliphatic heterocycles. The van der Waals surface area contributed by atoms with Gasteiger partial charge in [0.1, 0.15) is 54.5 Å². The molecule has 732 valence electrons. The van der Waals surface area contributed by atoms with Crippen molar-refractivity contribution in [1.82, 2.24) is 51.4 Å². The first kappa shape index (κ1) is 115. The number of benzene rings is 1. The summed E-state index contributed by atoms with van der Waals surface area (Å²) in [6.07, 6.45) is 50.1. The number of aromatic amines is 1. The number of nitrogens with one attached hydrogen (secondary N) is 9. The molecule has 7 amide bonds. The fourth-order valence-corrected chi connectivity index (χ4v) is 16.7. The van der Waals surface area contributed by atoms with Crippen LogP contribution in [0.15, 0.2) is 29.1 Å². The number of aliphatic hydroxyl groups is 1. The van der Waals surface area contributed by atoms with Gasteiger partial charge in [-0.2, -0.15) is 21.7 Å². The zero-order valence-corrected chi connectivity index (χ0v) is 80.3. The van der Waals surface area contributed by atoms with Gasteiger partial charge in [0.25, 0.3) is 0 Å². The van der Waals surface area contributed by atoms with Crippen LogP contribution >= 0.6 is 11.8 Å². The molecule has 1 aromatic carbocycles. The van der Waals surface area contributed by atoms with Gasteiger partial charge in [0.05, 0.1) is 13.2 Å². The number of imidazole rings is 1. The van der Waals surface area contributed by atoms with Crippen LogP contribution in [-0.2, 0) is 59.2 Å². The lowest BCUT2D eigenvalue weighted by molar-refractivity contribution is -0.157. The summed E-state index contributed by atoms with van der Waals surface area (Å²) in [5.41, 5.74) is 31.3. The maximum atomic E-state index is 14.8. The zero-order valence-electron chi connectivity index (χ0n) is 79.5. The van der Waals surface area contributed by atoms with E-state index in [0.29, 0.717) is 112 Å². The maximum Gasteiger partial charge on any atom is 0.328 e. The van der Waals surface area contributed by atoms with Crippen LogP contribution in [0.5, 0.6) is 0 Å². The summed E-state index contributed by atoms with van der Waals surface area (Å²) in [7, 11) is 0. The van der Waals surface area contributed by atoms with Gasteiger partial charge in [-0.3, -0.25) is 47.7 Å². The number of esters is 2. The van der Waals surface area contributed by atoms with Crippen LogP contribution in [0.1, 0.15) is 393 Å². The minimum atomic E-state index is -1.65. The molecule has 3 aromatic rings. The average molecular weight is 1820 g/mol. The first-order valence-electron chi connectivity index (χ1n) is 50.3. The molecule has 1 unspecified atom stereocenters. The van der Waals surface area contributed by atoms with Crippen LogP contribution in [0, 0.1) is 0 Å². The summed E-state index contributed by atoms with van der Waals surface area (Å²) in [6.45, 7) is 9.50. The number of aromatic nitrogens is 4. The molecule has 20 N–H and O–H groups in total. The number of ether oxygens (including phenoxy) is 2. The van der Waals surface area contributed by atoms with Crippen LogP contribution in [0.3, 0.4) is 0 Å².